The summed E-state index contributed by atoms with van der Waals surface area (Å²) >= 11 is 0. The number of carbonyl (C=O) groups is 1. The maximum Gasteiger partial charge on any atom is 0.241 e. The van der Waals surface area contributed by atoms with Gasteiger partial charge in [-0.1, -0.05) is 19.8 Å². The van der Waals surface area contributed by atoms with Crippen LogP contribution in [0.15, 0.2) is 17.3 Å². The second-order valence-electron chi connectivity index (χ2n) is 4.88. The summed E-state index contributed by atoms with van der Waals surface area (Å²) in [7, 11) is -3.75. The molecule has 0 aliphatic rings. The van der Waals surface area contributed by atoms with Gasteiger partial charge >= 0.3 is 0 Å². The summed E-state index contributed by atoms with van der Waals surface area (Å²) < 4.78 is 23.6. The molecule has 0 saturated heterocycles. The van der Waals surface area contributed by atoms with E-state index in [4.69, 9.17) is 10.9 Å². The lowest BCUT2D eigenvalue weighted by molar-refractivity contribution is -0.122. The van der Waals surface area contributed by atoms with Crippen molar-refractivity contribution in [3.05, 3.63) is 12.4 Å². The highest BCUT2D eigenvalue weighted by molar-refractivity contribution is 7.89. The summed E-state index contributed by atoms with van der Waals surface area (Å²) in [6.45, 7) is 2.77. The zero-order valence-corrected chi connectivity index (χ0v) is 14.2. The first-order valence-corrected chi connectivity index (χ1v) is 8.46. The number of unbranched alkanes of at least 4 members (excludes halogenated alkanes) is 1. The van der Waals surface area contributed by atoms with E-state index in [0.29, 0.717) is 6.54 Å². The molecular formula is C12H24ClN5O3S. The van der Waals surface area contributed by atoms with Crippen molar-refractivity contribution in [1.29, 1.82) is 0 Å². The topological polar surface area (TPSA) is 133 Å². The Morgan fingerprint density at radius 1 is 1.50 bits per heavy atom. The molecule has 1 aromatic rings. The second-order valence-corrected chi connectivity index (χ2v) is 6.44. The standard InChI is InChI=1S/C12H23N5O3S.ClH/c1-2-3-4-10(7-13)16-12(18)5-6-17-9-11(8-15-17)21(14,19)20;/h8-10H,2-7,13H2,1H3,(H,16,18)(H2,14,19,20);1H. The van der Waals surface area contributed by atoms with Crippen molar-refractivity contribution in [1.82, 2.24) is 15.1 Å². The Balaban J connectivity index is 0.00000441. The SMILES string of the molecule is CCCCC(CN)NC(=O)CCn1cc(S(N)(=O)=O)cn1.Cl. The first-order valence-electron chi connectivity index (χ1n) is 6.91. The molecule has 0 bridgehead atoms. The van der Waals surface area contributed by atoms with Gasteiger partial charge in [0.15, 0.2) is 0 Å². The number of nitrogens with one attached hydrogen (secondary N) is 1. The average molecular weight is 354 g/mol. The summed E-state index contributed by atoms with van der Waals surface area (Å²) in [6.07, 6.45) is 5.59. The molecule has 1 aromatic heterocycles. The van der Waals surface area contributed by atoms with E-state index in [0.717, 1.165) is 25.5 Å². The largest absolute Gasteiger partial charge is 0.352 e. The summed E-state index contributed by atoms with van der Waals surface area (Å²) in [5.74, 6) is -0.130. The fraction of sp³-hybridized carbons (Fsp3) is 0.667. The van der Waals surface area contributed by atoms with Gasteiger partial charge in [0, 0.05) is 31.7 Å². The second kappa shape index (κ2) is 9.78. The molecule has 5 N–H and O–H groups in total. The summed E-state index contributed by atoms with van der Waals surface area (Å²) in [5.41, 5.74) is 5.61. The maximum atomic E-state index is 11.8. The highest BCUT2D eigenvalue weighted by Crippen LogP contribution is 2.05. The molecule has 0 spiro atoms. The number of aromatic nitrogens is 2. The Hall–Kier alpha value is -1.16. The summed E-state index contributed by atoms with van der Waals surface area (Å²) in [6, 6.07) is -0.0185. The number of primary sulfonamides is 1. The normalized spacial score (nSPS) is 12.5. The van der Waals surface area contributed by atoms with Crippen LogP contribution in [0.5, 0.6) is 0 Å². The minimum Gasteiger partial charge on any atom is -0.352 e. The quantitative estimate of drug-likeness (QED) is 0.573. The molecule has 0 fully saturated rings. The number of nitrogens with zero attached hydrogens (tertiary/aromatic N) is 2. The van der Waals surface area contributed by atoms with Gasteiger partial charge in [0.1, 0.15) is 4.90 Å². The molecule has 10 heteroatoms. The molecule has 0 aliphatic heterocycles. The Bertz CT molecular complexity index is 561. The number of hydrogen-bond acceptors (Lipinski definition) is 5. The van der Waals surface area contributed by atoms with Crippen molar-refractivity contribution in [2.75, 3.05) is 6.54 Å². The molecule has 0 aliphatic carbocycles. The zero-order chi connectivity index (χ0) is 15.9. The van der Waals surface area contributed by atoms with E-state index in [-0.39, 0.29) is 42.2 Å². The number of hydrogen-bond donors (Lipinski definition) is 3. The first kappa shape index (κ1) is 20.8. The molecule has 8 nitrogen and oxygen atoms in total. The third-order valence-electron chi connectivity index (χ3n) is 3.06. The average Bonchev–Trinajstić information content (AvgIpc) is 2.90. The monoisotopic (exact) mass is 353 g/mol. The predicted octanol–water partition coefficient (Wildman–Crippen LogP) is -0.0239. The van der Waals surface area contributed by atoms with Gasteiger partial charge in [-0.2, -0.15) is 5.10 Å². The van der Waals surface area contributed by atoms with E-state index in [1.165, 1.54) is 10.9 Å². The molecule has 0 radical (unpaired) electrons. The van der Waals surface area contributed by atoms with Crippen LogP contribution < -0.4 is 16.2 Å². The lowest BCUT2D eigenvalue weighted by atomic mass is 10.1. The number of nitrogens with two attached hydrogens (primary N) is 2. The highest BCUT2D eigenvalue weighted by atomic mass is 35.5. The van der Waals surface area contributed by atoms with E-state index >= 15 is 0 Å². The molecule has 1 amide bonds. The minimum atomic E-state index is -3.75. The van der Waals surface area contributed by atoms with E-state index in [1.807, 2.05) is 0 Å². The van der Waals surface area contributed by atoms with Crippen LogP contribution in [0.1, 0.15) is 32.6 Å². The number of amides is 1. The summed E-state index contributed by atoms with van der Waals surface area (Å²) in [5, 5.41) is 11.7. The molecular weight excluding hydrogens is 330 g/mol. The Morgan fingerprint density at radius 3 is 2.68 bits per heavy atom. The number of carbonyl (C=O) groups excluding carboxylic acids is 1. The number of rotatable bonds is 9. The minimum absolute atomic E-state index is 0. The number of sulfonamides is 1. The molecule has 1 rings (SSSR count). The van der Waals surface area contributed by atoms with Crippen LogP contribution in [-0.2, 0) is 21.4 Å². The van der Waals surface area contributed by atoms with Gasteiger partial charge in [0.25, 0.3) is 0 Å². The maximum absolute atomic E-state index is 11.8. The van der Waals surface area contributed by atoms with E-state index < -0.39 is 10.0 Å². The van der Waals surface area contributed by atoms with Crippen molar-refractivity contribution >= 4 is 28.3 Å². The van der Waals surface area contributed by atoms with Gasteiger partial charge < -0.3 is 11.1 Å². The van der Waals surface area contributed by atoms with Crippen LogP contribution in [0, 0.1) is 0 Å². The molecule has 1 unspecified atom stereocenters. The van der Waals surface area contributed by atoms with Crippen molar-refractivity contribution < 1.29 is 13.2 Å². The molecule has 128 valence electrons. The number of halogens is 1. The Morgan fingerprint density at radius 2 is 2.18 bits per heavy atom. The fourth-order valence-electron chi connectivity index (χ4n) is 1.83. The van der Waals surface area contributed by atoms with Crippen LogP contribution in [0.3, 0.4) is 0 Å². The van der Waals surface area contributed by atoms with Crippen molar-refractivity contribution in [3.8, 4) is 0 Å². The van der Waals surface area contributed by atoms with E-state index in [9.17, 15) is 13.2 Å². The van der Waals surface area contributed by atoms with E-state index in [1.54, 1.807) is 0 Å². The predicted molar refractivity (Wildman–Crippen MR) is 86.0 cm³/mol. The van der Waals surface area contributed by atoms with Gasteiger partial charge in [-0.05, 0) is 6.42 Å². The van der Waals surface area contributed by atoms with Crippen LogP contribution >= 0.6 is 12.4 Å². The third kappa shape index (κ3) is 7.21. The lowest BCUT2D eigenvalue weighted by Crippen LogP contribution is -2.40. The van der Waals surface area contributed by atoms with Crippen LogP contribution in [-0.4, -0.2) is 36.7 Å². The summed E-state index contributed by atoms with van der Waals surface area (Å²) in [4.78, 5) is 11.7. The van der Waals surface area contributed by atoms with Crippen molar-refractivity contribution in [2.45, 2.75) is 50.1 Å². The first-order chi connectivity index (χ1) is 9.86. The van der Waals surface area contributed by atoms with Gasteiger partial charge in [-0.3, -0.25) is 9.48 Å². The number of aryl methyl sites for hydroxylation is 1. The smallest absolute Gasteiger partial charge is 0.241 e. The molecule has 22 heavy (non-hydrogen) atoms. The van der Waals surface area contributed by atoms with Gasteiger partial charge in [-0.15, -0.1) is 12.4 Å². The lowest BCUT2D eigenvalue weighted by Gasteiger charge is -2.16. The van der Waals surface area contributed by atoms with Crippen LogP contribution in [0.4, 0.5) is 0 Å². The fourth-order valence-corrected chi connectivity index (χ4v) is 2.29. The zero-order valence-electron chi connectivity index (χ0n) is 12.6. The molecule has 1 atom stereocenters. The third-order valence-corrected chi connectivity index (χ3v) is 3.93. The van der Waals surface area contributed by atoms with Gasteiger partial charge in [0.05, 0.1) is 6.20 Å². The van der Waals surface area contributed by atoms with Crippen LogP contribution in [0.2, 0.25) is 0 Å². The van der Waals surface area contributed by atoms with E-state index in [2.05, 4.69) is 17.3 Å². The molecule has 1 heterocycles. The van der Waals surface area contributed by atoms with Gasteiger partial charge in [-0.25, -0.2) is 13.6 Å². The van der Waals surface area contributed by atoms with Crippen LogP contribution in [0.25, 0.3) is 0 Å². The Kier molecular flexibility index (Phi) is 9.26. The highest BCUT2D eigenvalue weighted by Gasteiger charge is 2.13. The molecule has 0 aromatic carbocycles. The van der Waals surface area contributed by atoms with Crippen molar-refractivity contribution in [3.63, 3.8) is 0 Å². The van der Waals surface area contributed by atoms with Gasteiger partial charge in [0.2, 0.25) is 15.9 Å². The van der Waals surface area contributed by atoms with Crippen molar-refractivity contribution in [2.24, 2.45) is 10.9 Å². The Labute approximate surface area is 137 Å². The molecule has 0 saturated carbocycles.